The van der Waals surface area contributed by atoms with Crippen LogP contribution in [-0.4, -0.2) is 50.6 Å². The van der Waals surface area contributed by atoms with E-state index in [2.05, 4.69) is 50.4 Å². The summed E-state index contributed by atoms with van der Waals surface area (Å²) in [5, 5.41) is 6.52. The topological polar surface area (TPSA) is 44.4 Å². The first-order valence-corrected chi connectivity index (χ1v) is 7.06. The summed E-state index contributed by atoms with van der Waals surface area (Å²) in [4.78, 5) is 14.4. The molecule has 4 nitrogen and oxygen atoms in total. The summed E-state index contributed by atoms with van der Waals surface area (Å²) in [7, 11) is 4.11. The Bertz CT molecular complexity index is 256. The van der Waals surface area contributed by atoms with Crippen LogP contribution in [0.2, 0.25) is 0 Å². The molecular formula is C14H29N3O. The second-order valence-corrected chi connectivity index (χ2v) is 6.34. The van der Waals surface area contributed by atoms with E-state index in [0.717, 1.165) is 26.1 Å². The third-order valence-corrected chi connectivity index (χ3v) is 3.54. The first-order chi connectivity index (χ1) is 8.40. The van der Waals surface area contributed by atoms with E-state index >= 15 is 0 Å². The van der Waals surface area contributed by atoms with Crippen molar-refractivity contribution < 1.29 is 4.79 Å². The quantitative estimate of drug-likeness (QED) is 0.742. The van der Waals surface area contributed by atoms with Gasteiger partial charge in [-0.3, -0.25) is 4.79 Å². The molecule has 0 radical (unpaired) electrons. The molecule has 1 amide bonds. The zero-order valence-corrected chi connectivity index (χ0v) is 12.5. The minimum atomic E-state index is 0.141. The van der Waals surface area contributed by atoms with Crippen LogP contribution in [0.3, 0.4) is 0 Å². The van der Waals surface area contributed by atoms with Crippen molar-refractivity contribution in [1.82, 2.24) is 15.5 Å². The summed E-state index contributed by atoms with van der Waals surface area (Å²) in [5.41, 5.74) is 0. The summed E-state index contributed by atoms with van der Waals surface area (Å²) >= 11 is 0. The van der Waals surface area contributed by atoms with Crippen LogP contribution in [0.15, 0.2) is 0 Å². The number of rotatable bonds is 6. The molecule has 0 aromatic rings. The molecule has 4 heteroatoms. The van der Waals surface area contributed by atoms with Gasteiger partial charge < -0.3 is 15.5 Å². The van der Waals surface area contributed by atoms with Gasteiger partial charge in [-0.2, -0.15) is 0 Å². The molecule has 1 saturated heterocycles. The highest BCUT2D eigenvalue weighted by Gasteiger charge is 2.30. The van der Waals surface area contributed by atoms with Crippen molar-refractivity contribution in [2.24, 2.45) is 17.8 Å². The molecule has 1 rings (SSSR count). The van der Waals surface area contributed by atoms with Crippen LogP contribution in [0.4, 0.5) is 0 Å². The fourth-order valence-electron chi connectivity index (χ4n) is 2.66. The SMILES string of the molecule is CC(C)CC(CN(C)C)NC(=O)C1CNCC1C. The van der Waals surface area contributed by atoms with E-state index in [0.29, 0.717) is 11.8 Å². The van der Waals surface area contributed by atoms with Gasteiger partial charge in [-0.1, -0.05) is 20.8 Å². The van der Waals surface area contributed by atoms with E-state index in [1.165, 1.54) is 0 Å². The third kappa shape index (κ3) is 4.94. The largest absolute Gasteiger partial charge is 0.352 e. The minimum Gasteiger partial charge on any atom is -0.352 e. The lowest BCUT2D eigenvalue weighted by Crippen LogP contribution is -2.46. The van der Waals surface area contributed by atoms with Crippen molar-refractivity contribution in [2.45, 2.75) is 33.2 Å². The summed E-state index contributed by atoms with van der Waals surface area (Å²) in [6.45, 7) is 9.25. The van der Waals surface area contributed by atoms with Crippen molar-refractivity contribution in [3.63, 3.8) is 0 Å². The van der Waals surface area contributed by atoms with Crippen LogP contribution in [0.25, 0.3) is 0 Å². The van der Waals surface area contributed by atoms with Crippen LogP contribution < -0.4 is 10.6 Å². The Morgan fingerprint density at radius 3 is 2.50 bits per heavy atom. The number of hydrogen-bond acceptors (Lipinski definition) is 3. The van der Waals surface area contributed by atoms with Gasteiger partial charge in [0.1, 0.15) is 0 Å². The average Bonchev–Trinajstić information content (AvgIpc) is 2.61. The maximum absolute atomic E-state index is 12.3. The summed E-state index contributed by atoms with van der Waals surface area (Å²) in [6.07, 6.45) is 1.04. The van der Waals surface area contributed by atoms with Gasteiger partial charge in [0.2, 0.25) is 5.91 Å². The lowest BCUT2D eigenvalue weighted by molar-refractivity contribution is -0.126. The third-order valence-electron chi connectivity index (χ3n) is 3.54. The molecule has 1 fully saturated rings. The highest BCUT2D eigenvalue weighted by atomic mass is 16.2. The smallest absolute Gasteiger partial charge is 0.224 e. The number of carbonyl (C=O) groups excluding carboxylic acids is 1. The van der Waals surface area contributed by atoms with Crippen molar-refractivity contribution >= 4 is 5.91 Å². The van der Waals surface area contributed by atoms with E-state index in [9.17, 15) is 4.79 Å². The van der Waals surface area contributed by atoms with Gasteiger partial charge in [0.15, 0.2) is 0 Å². The maximum atomic E-state index is 12.3. The number of carbonyl (C=O) groups is 1. The molecule has 3 atom stereocenters. The molecule has 0 aliphatic carbocycles. The summed E-state index contributed by atoms with van der Waals surface area (Å²) in [5.74, 6) is 1.42. The Morgan fingerprint density at radius 2 is 2.06 bits per heavy atom. The van der Waals surface area contributed by atoms with Gasteiger partial charge in [0, 0.05) is 19.1 Å². The Kier molecular flexibility index (Phi) is 6.09. The Labute approximate surface area is 111 Å². The van der Waals surface area contributed by atoms with Gasteiger partial charge in [0.25, 0.3) is 0 Å². The molecule has 3 unspecified atom stereocenters. The summed E-state index contributed by atoms with van der Waals surface area (Å²) in [6, 6.07) is 0.264. The predicted molar refractivity (Wildman–Crippen MR) is 75.5 cm³/mol. The molecule has 1 heterocycles. The normalized spacial score (nSPS) is 25.7. The van der Waals surface area contributed by atoms with E-state index in [1.54, 1.807) is 0 Å². The van der Waals surface area contributed by atoms with Crippen LogP contribution in [0.5, 0.6) is 0 Å². The molecule has 1 aliphatic heterocycles. The minimum absolute atomic E-state index is 0.141. The first-order valence-electron chi connectivity index (χ1n) is 7.06. The Hall–Kier alpha value is -0.610. The number of nitrogens with zero attached hydrogens (tertiary/aromatic N) is 1. The van der Waals surface area contributed by atoms with E-state index in [1.807, 2.05) is 0 Å². The standard InChI is InChI=1S/C14H29N3O/c1-10(2)6-12(9-17(4)5)16-14(18)13-8-15-7-11(13)3/h10-13,15H,6-9H2,1-5H3,(H,16,18). The average molecular weight is 255 g/mol. The van der Waals surface area contributed by atoms with E-state index in [-0.39, 0.29) is 17.9 Å². The van der Waals surface area contributed by atoms with Gasteiger partial charge in [-0.25, -0.2) is 0 Å². The summed E-state index contributed by atoms with van der Waals surface area (Å²) < 4.78 is 0. The number of likely N-dealkylation sites (N-methyl/N-ethyl adjacent to an activating group) is 1. The second-order valence-electron chi connectivity index (χ2n) is 6.34. The Morgan fingerprint density at radius 1 is 1.39 bits per heavy atom. The number of nitrogens with one attached hydrogen (secondary N) is 2. The van der Waals surface area contributed by atoms with Crippen LogP contribution in [0, 0.1) is 17.8 Å². The Balaban J connectivity index is 2.50. The molecular weight excluding hydrogens is 226 g/mol. The first kappa shape index (κ1) is 15.4. The molecule has 0 saturated carbocycles. The van der Waals surface area contributed by atoms with E-state index in [4.69, 9.17) is 0 Å². The van der Waals surface area contributed by atoms with Gasteiger partial charge in [0.05, 0.1) is 5.92 Å². The van der Waals surface area contributed by atoms with Crippen LogP contribution >= 0.6 is 0 Å². The molecule has 0 bridgehead atoms. The highest BCUT2D eigenvalue weighted by Crippen LogP contribution is 2.16. The van der Waals surface area contributed by atoms with E-state index < -0.39 is 0 Å². The van der Waals surface area contributed by atoms with Crippen LogP contribution in [0.1, 0.15) is 27.2 Å². The zero-order valence-electron chi connectivity index (χ0n) is 12.5. The monoisotopic (exact) mass is 255 g/mol. The van der Waals surface area contributed by atoms with Gasteiger partial charge in [-0.15, -0.1) is 0 Å². The van der Waals surface area contributed by atoms with Gasteiger partial charge >= 0.3 is 0 Å². The molecule has 18 heavy (non-hydrogen) atoms. The number of hydrogen-bond donors (Lipinski definition) is 2. The predicted octanol–water partition coefficient (Wildman–Crippen LogP) is 0.934. The van der Waals surface area contributed by atoms with Crippen molar-refractivity contribution in [1.29, 1.82) is 0 Å². The molecule has 0 spiro atoms. The van der Waals surface area contributed by atoms with Crippen molar-refractivity contribution in [3.8, 4) is 0 Å². The fraction of sp³-hybridized carbons (Fsp3) is 0.929. The molecule has 106 valence electrons. The molecule has 0 aromatic heterocycles. The van der Waals surface area contributed by atoms with Crippen LogP contribution in [-0.2, 0) is 4.79 Å². The highest BCUT2D eigenvalue weighted by molar-refractivity contribution is 5.79. The molecule has 2 N–H and O–H groups in total. The number of amides is 1. The van der Waals surface area contributed by atoms with Crippen molar-refractivity contribution in [2.75, 3.05) is 33.7 Å². The lowest BCUT2D eigenvalue weighted by Gasteiger charge is -2.26. The van der Waals surface area contributed by atoms with Crippen molar-refractivity contribution in [3.05, 3.63) is 0 Å². The lowest BCUT2D eigenvalue weighted by atomic mass is 9.96. The zero-order chi connectivity index (χ0) is 13.7. The van der Waals surface area contributed by atoms with Gasteiger partial charge in [-0.05, 0) is 38.9 Å². The molecule has 0 aromatic carbocycles. The molecule has 1 aliphatic rings. The maximum Gasteiger partial charge on any atom is 0.224 e. The second kappa shape index (κ2) is 7.10. The fourth-order valence-corrected chi connectivity index (χ4v) is 2.66.